The monoisotopic (exact) mass is 443 g/mol. The van der Waals surface area contributed by atoms with Gasteiger partial charge in [0.1, 0.15) is 0 Å². The molecule has 1 aliphatic rings. The maximum absolute atomic E-state index is 12.5. The molecule has 0 bridgehead atoms. The van der Waals surface area contributed by atoms with Crippen LogP contribution in [0.25, 0.3) is 11.3 Å². The fraction of sp³-hybridized carbons (Fsp3) is 0.312. The molecule has 1 aromatic carbocycles. The Hall–Kier alpha value is -1.57. The Morgan fingerprint density at radius 1 is 1.36 bits per heavy atom. The Bertz CT molecular complexity index is 846. The largest absolute Gasteiger partial charge is 0.368 e. The topological polar surface area (TPSA) is 75.4 Å². The van der Waals surface area contributed by atoms with E-state index in [1.807, 2.05) is 26.0 Å². The first-order valence-corrected chi connectivity index (χ1v) is 9.13. The zero-order valence-electron chi connectivity index (χ0n) is 13.6. The summed E-state index contributed by atoms with van der Waals surface area (Å²) >= 11 is 15.8. The number of nitrogens with two attached hydrogens (primary N) is 1. The van der Waals surface area contributed by atoms with E-state index in [4.69, 9.17) is 29.1 Å². The Balaban J connectivity index is 2.00. The van der Waals surface area contributed by atoms with E-state index in [1.165, 1.54) is 4.42 Å². The van der Waals surface area contributed by atoms with Gasteiger partial charge in [-0.15, -0.1) is 0 Å². The molecule has 0 radical (unpaired) electrons. The molecule has 0 spiro atoms. The highest BCUT2D eigenvalue weighted by atomic mass is 79.9. The maximum Gasteiger partial charge on any atom is 0.335 e. The maximum atomic E-state index is 12.5. The molecule has 0 fully saturated rings. The number of halogens is 3. The minimum absolute atomic E-state index is 0.116. The van der Waals surface area contributed by atoms with Gasteiger partial charge >= 0.3 is 6.03 Å². The van der Waals surface area contributed by atoms with Crippen LogP contribution in [0.5, 0.6) is 0 Å². The number of urea groups is 1. The van der Waals surface area contributed by atoms with Crippen molar-refractivity contribution in [2.24, 2.45) is 0 Å². The number of nitrogens with zero attached hydrogens (tertiary/aromatic N) is 4. The zero-order valence-corrected chi connectivity index (χ0v) is 16.7. The summed E-state index contributed by atoms with van der Waals surface area (Å²) in [7, 11) is 0. The molecule has 132 valence electrons. The first-order valence-electron chi connectivity index (χ1n) is 7.62. The van der Waals surface area contributed by atoms with E-state index in [2.05, 4.69) is 25.9 Å². The van der Waals surface area contributed by atoms with Gasteiger partial charge in [0.25, 0.3) is 0 Å². The van der Waals surface area contributed by atoms with E-state index < -0.39 is 0 Å². The van der Waals surface area contributed by atoms with Gasteiger partial charge in [0.05, 0.1) is 29.5 Å². The average Bonchev–Trinajstić information content (AvgIpc) is 2.96. The second-order valence-electron chi connectivity index (χ2n) is 6.02. The van der Waals surface area contributed by atoms with Gasteiger partial charge in [-0.25, -0.2) is 19.2 Å². The molecule has 0 atom stereocenters. The first kappa shape index (κ1) is 18.2. The lowest BCUT2D eigenvalue weighted by Gasteiger charge is -2.24. The van der Waals surface area contributed by atoms with Crippen molar-refractivity contribution in [3.05, 3.63) is 39.0 Å². The number of nitrogen functional groups attached to an aromatic ring is 1. The summed E-state index contributed by atoms with van der Waals surface area (Å²) in [5, 5.41) is 0.542. The molecule has 0 aliphatic carbocycles. The molecule has 2 aromatic rings. The molecule has 6 nitrogen and oxygen atoms in total. The molecule has 2 amide bonds. The van der Waals surface area contributed by atoms with Crippen molar-refractivity contribution in [3.8, 4) is 11.3 Å². The van der Waals surface area contributed by atoms with Gasteiger partial charge < -0.3 is 10.6 Å². The number of hydrogen-bond acceptors (Lipinski definition) is 4. The Morgan fingerprint density at radius 3 is 2.72 bits per heavy atom. The lowest BCUT2D eigenvalue weighted by Crippen LogP contribution is -2.38. The Kier molecular flexibility index (Phi) is 5.09. The summed E-state index contributed by atoms with van der Waals surface area (Å²) in [6.45, 7) is 4.38. The number of rotatable bonds is 2. The van der Waals surface area contributed by atoms with Gasteiger partial charge in [-0.1, -0.05) is 33.6 Å². The molecule has 1 aromatic heterocycles. The van der Waals surface area contributed by atoms with Crippen LogP contribution in [0.3, 0.4) is 0 Å². The minimum atomic E-state index is -0.277. The molecule has 3 rings (SSSR count). The number of hydrogen-bond donors (Lipinski definition) is 1. The van der Waals surface area contributed by atoms with Crippen LogP contribution in [0.4, 0.5) is 10.7 Å². The lowest BCUT2D eigenvalue weighted by molar-refractivity contribution is 0.172. The zero-order chi connectivity index (χ0) is 18.3. The van der Waals surface area contributed by atoms with E-state index in [0.29, 0.717) is 29.5 Å². The third-order valence-electron chi connectivity index (χ3n) is 3.89. The highest BCUT2D eigenvalue weighted by molar-refractivity contribution is 9.10. The van der Waals surface area contributed by atoms with Crippen molar-refractivity contribution < 1.29 is 4.79 Å². The summed E-state index contributed by atoms with van der Waals surface area (Å²) in [5.74, 6) is 0.147. The summed E-state index contributed by atoms with van der Waals surface area (Å²) in [5.41, 5.74) is 8.80. The first-order chi connectivity index (χ1) is 11.8. The van der Waals surface area contributed by atoms with E-state index >= 15 is 0 Å². The molecule has 0 saturated heterocycles. The Morgan fingerprint density at radius 2 is 2.08 bits per heavy atom. The van der Waals surface area contributed by atoms with Gasteiger partial charge in [-0.3, -0.25) is 0 Å². The van der Waals surface area contributed by atoms with Gasteiger partial charge in [-0.05, 0) is 26.0 Å². The Labute approximate surface area is 164 Å². The molecule has 1 aliphatic heterocycles. The van der Waals surface area contributed by atoms with Crippen molar-refractivity contribution in [3.63, 3.8) is 0 Å². The van der Waals surface area contributed by atoms with Crippen LogP contribution in [-0.2, 0) is 13.1 Å². The van der Waals surface area contributed by atoms with Crippen molar-refractivity contribution in [1.29, 1.82) is 0 Å². The van der Waals surface area contributed by atoms with Crippen LogP contribution >= 0.6 is 39.3 Å². The minimum Gasteiger partial charge on any atom is -0.368 e. The van der Waals surface area contributed by atoms with Gasteiger partial charge in [-0.2, -0.15) is 0 Å². The second-order valence-corrected chi connectivity index (χ2v) is 7.71. The number of fused-ring (bicyclic) bond motifs is 1. The molecule has 0 saturated carbocycles. The average molecular weight is 445 g/mol. The SMILES string of the molecule is CC(C)N(Cl)C(=O)N1Cc2nc(N)nc(-c3ccc(Br)cc3Cl)c2C1. The molecular formula is C16H16BrCl2N5O. The highest BCUT2D eigenvalue weighted by Crippen LogP contribution is 2.36. The van der Waals surface area contributed by atoms with Gasteiger partial charge in [0.15, 0.2) is 0 Å². The number of carbonyl (C=O) groups excluding carboxylic acids is 1. The smallest absolute Gasteiger partial charge is 0.335 e. The van der Waals surface area contributed by atoms with Crippen molar-refractivity contribution in [2.75, 3.05) is 5.73 Å². The molecule has 25 heavy (non-hydrogen) atoms. The summed E-state index contributed by atoms with van der Waals surface area (Å²) in [6, 6.07) is 5.14. The van der Waals surface area contributed by atoms with Crippen LogP contribution in [0.2, 0.25) is 5.02 Å². The predicted molar refractivity (Wildman–Crippen MR) is 102 cm³/mol. The standard InChI is InChI=1S/C16H16BrCl2N5O/c1-8(2)24(19)16(25)23-6-11-13(7-23)21-15(20)22-14(11)10-4-3-9(17)5-12(10)18/h3-5,8H,6-7H2,1-2H3,(H2,20,21,22). The van der Waals surface area contributed by atoms with E-state index in [9.17, 15) is 4.79 Å². The lowest BCUT2D eigenvalue weighted by atomic mass is 10.1. The van der Waals surface area contributed by atoms with Crippen LogP contribution in [0, 0.1) is 0 Å². The van der Waals surface area contributed by atoms with Crippen molar-refractivity contribution in [2.45, 2.75) is 33.0 Å². The van der Waals surface area contributed by atoms with E-state index in [0.717, 1.165) is 15.6 Å². The predicted octanol–water partition coefficient (Wildman–Crippen LogP) is 4.44. The fourth-order valence-corrected chi connectivity index (χ4v) is 3.54. The quantitative estimate of drug-likeness (QED) is 0.694. The van der Waals surface area contributed by atoms with E-state index in [-0.39, 0.29) is 18.0 Å². The molecular weight excluding hydrogens is 429 g/mol. The highest BCUT2D eigenvalue weighted by Gasteiger charge is 2.32. The summed E-state index contributed by atoms with van der Waals surface area (Å²) in [6.07, 6.45) is 0. The van der Waals surface area contributed by atoms with Gasteiger partial charge in [0, 0.05) is 33.4 Å². The van der Waals surface area contributed by atoms with Crippen LogP contribution < -0.4 is 5.73 Å². The van der Waals surface area contributed by atoms with E-state index in [1.54, 1.807) is 11.0 Å². The summed E-state index contributed by atoms with van der Waals surface area (Å²) in [4.78, 5) is 22.8. The van der Waals surface area contributed by atoms with Crippen LogP contribution in [0.15, 0.2) is 22.7 Å². The number of benzene rings is 1. The van der Waals surface area contributed by atoms with Gasteiger partial charge in [0.2, 0.25) is 5.95 Å². The molecule has 0 unspecified atom stereocenters. The molecule has 2 N–H and O–H groups in total. The van der Waals surface area contributed by atoms with Crippen LogP contribution in [0.1, 0.15) is 25.1 Å². The molecule has 2 heterocycles. The third-order valence-corrected chi connectivity index (χ3v) is 5.23. The number of anilines is 1. The van der Waals surface area contributed by atoms with Crippen molar-refractivity contribution >= 4 is 51.3 Å². The normalized spacial score (nSPS) is 13.3. The second kappa shape index (κ2) is 6.97. The van der Waals surface area contributed by atoms with Crippen molar-refractivity contribution in [1.82, 2.24) is 19.3 Å². The fourth-order valence-electron chi connectivity index (χ4n) is 2.67. The third kappa shape index (κ3) is 3.54. The number of carbonyl (C=O) groups is 1. The van der Waals surface area contributed by atoms with Crippen LogP contribution in [-0.4, -0.2) is 31.4 Å². The molecule has 9 heteroatoms. The number of aromatic nitrogens is 2. The number of amides is 2. The summed E-state index contributed by atoms with van der Waals surface area (Å²) < 4.78 is 2.04.